The van der Waals surface area contributed by atoms with Gasteiger partial charge >= 0.3 is 0 Å². The molecule has 3 aliphatic rings. The van der Waals surface area contributed by atoms with Gasteiger partial charge in [-0.3, -0.25) is 4.79 Å². The van der Waals surface area contributed by atoms with Gasteiger partial charge in [-0.15, -0.1) is 0 Å². The quantitative estimate of drug-likeness (QED) is 0.0199. The predicted molar refractivity (Wildman–Crippen MR) is 429 cm³/mol. The smallest absolute Gasteiger partial charge is 0.220 e. The molecular weight excluding hydrogens is 1360 g/mol. The molecule has 0 aromatic heterocycles. The van der Waals surface area contributed by atoms with E-state index in [4.69, 9.17) is 28.4 Å². The van der Waals surface area contributed by atoms with E-state index < -0.39 is 124 Å². The highest BCUT2D eigenvalue weighted by Crippen LogP contribution is 2.33. The third-order valence-corrected chi connectivity index (χ3v) is 20.9. The Labute approximate surface area is 647 Å². The fourth-order valence-corrected chi connectivity index (χ4v) is 14.1. The first-order valence-electron chi connectivity index (χ1n) is 43.0. The maximum absolute atomic E-state index is 13.5. The van der Waals surface area contributed by atoms with E-state index in [0.717, 1.165) is 96.3 Å². The topological polar surface area (TPSA) is 307 Å². The molecule has 107 heavy (non-hydrogen) atoms. The Balaban J connectivity index is 1.35. The highest BCUT2D eigenvalue weighted by atomic mass is 16.8. The first-order valence-corrected chi connectivity index (χ1v) is 43.0. The number of carbonyl (C=O) groups is 1. The van der Waals surface area contributed by atoms with Crippen LogP contribution in [0.25, 0.3) is 0 Å². The zero-order chi connectivity index (χ0) is 77.4. The minimum Gasteiger partial charge on any atom is -0.394 e. The van der Waals surface area contributed by atoms with Crippen LogP contribution in [-0.2, 0) is 33.2 Å². The molecule has 19 nitrogen and oxygen atoms in total. The van der Waals surface area contributed by atoms with Crippen molar-refractivity contribution in [3.63, 3.8) is 0 Å². The zero-order valence-corrected chi connectivity index (χ0v) is 66.6. The molecule has 3 fully saturated rings. The van der Waals surface area contributed by atoms with Crippen molar-refractivity contribution in [3.05, 3.63) is 97.2 Å². The molecule has 17 unspecified atom stereocenters. The Kier molecular flexibility index (Phi) is 61.5. The Hall–Kier alpha value is -3.29. The van der Waals surface area contributed by atoms with Crippen LogP contribution in [0.1, 0.15) is 322 Å². The summed E-state index contributed by atoms with van der Waals surface area (Å²) in [6, 6.07) is -0.981. The number of allylic oxidation sites excluding steroid dienone is 15. The number of amides is 1. The summed E-state index contributed by atoms with van der Waals surface area (Å²) in [7, 11) is 0. The number of hydrogen-bond acceptors (Lipinski definition) is 18. The van der Waals surface area contributed by atoms with E-state index in [2.05, 4.69) is 104 Å². The summed E-state index contributed by atoms with van der Waals surface area (Å²) in [6.07, 6.45) is 65.3. The summed E-state index contributed by atoms with van der Waals surface area (Å²) in [5.74, 6) is -0.276. The molecule has 1 amide bonds. The average Bonchev–Trinajstić information content (AvgIpc) is 0.781. The highest BCUT2D eigenvalue weighted by Gasteiger charge is 2.54. The number of nitrogens with one attached hydrogen (secondary N) is 1. The van der Waals surface area contributed by atoms with Crippen molar-refractivity contribution in [1.82, 2.24) is 5.32 Å². The average molecular weight is 1520 g/mol. The largest absolute Gasteiger partial charge is 0.394 e. The first-order chi connectivity index (χ1) is 52.3. The van der Waals surface area contributed by atoms with Gasteiger partial charge in [-0.2, -0.15) is 0 Å². The number of rotatable bonds is 68. The lowest BCUT2D eigenvalue weighted by atomic mass is 9.96. The molecule has 0 spiro atoms. The van der Waals surface area contributed by atoms with Gasteiger partial charge in [-0.25, -0.2) is 0 Å². The molecule has 620 valence electrons. The molecule has 0 bridgehead atoms. The second-order valence-corrected chi connectivity index (χ2v) is 30.3. The van der Waals surface area contributed by atoms with Crippen molar-refractivity contribution < 1.29 is 89.4 Å². The minimum absolute atomic E-state index is 0.238. The number of aliphatic hydroxyl groups excluding tert-OH is 11. The molecule has 12 N–H and O–H groups in total. The second kappa shape index (κ2) is 67.2. The molecule has 3 rings (SSSR count). The van der Waals surface area contributed by atoms with E-state index in [0.29, 0.717) is 6.42 Å². The van der Waals surface area contributed by atoms with E-state index in [1.807, 2.05) is 6.08 Å². The van der Waals surface area contributed by atoms with E-state index in [1.165, 1.54) is 199 Å². The lowest BCUT2D eigenvalue weighted by Crippen LogP contribution is -2.66. The van der Waals surface area contributed by atoms with Gasteiger partial charge in [0.15, 0.2) is 18.9 Å². The number of hydrogen-bond donors (Lipinski definition) is 12. The van der Waals surface area contributed by atoms with Crippen molar-refractivity contribution in [2.24, 2.45) is 0 Å². The van der Waals surface area contributed by atoms with Gasteiger partial charge < -0.3 is 89.9 Å². The van der Waals surface area contributed by atoms with Crippen LogP contribution in [0.5, 0.6) is 0 Å². The monoisotopic (exact) mass is 1510 g/mol. The van der Waals surface area contributed by atoms with Crippen LogP contribution < -0.4 is 5.32 Å². The standard InChI is InChI=1S/C88H155NO18/c1-3-5-7-9-11-13-15-17-19-21-23-25-27-29-31-32-33-34-35-36-37-38-40-42-44-46-48-50-52-54-56-58-60-62-64-66-76(94)89-71(72(93)65-63-61-59-57-55-53-51-49-47-45-43-41-39-30-28-26-24-22-20-18-16-14-12-10-8-6-4-2)70-102-86-82(100)79(97)84(74(68-91)104-86)107-88-83(101)80(98)85(75(69-92)105-88)106-87-81(99)78(96)77(95)73(67-90)103-87/h5,7,11,13,17,19,23,25,29,31,33-34,36-37,63,65,71-75,77-88,90-93,95-101H,3-4,6,8-10,12,14-16,18,20-22,24,26-28,30,32,35,38-62,64,66-70H2,1-2H3,(H,89,94)/b7-5-,13-11-,19-17-,25-23-,31-29-,34-33-,37-36-,65-63+. The van der Waals surface area contributed by atoms with Crippen LogP contribution in [-0.4, -0.2) is 193 Å². The van der Waals surface area contributed by atoms with Gasteiger partial charge in [-0.1, -0.05) is 336 Å². The van der Waals surface area contributed by atoms with Crippen molar-refractivity contribution >= 4 is 5.91 Å². The molecular formula is C88H155NO18. The summed E-state index contributed by atoms with van der Waals surface area (Å²) < 4.78 is 34.5. The van der Waals surface area contributed by atoms with Gasteiger partial charge in [0.1, 0.15) is 73.2 Å². The van der Waals surface area contributed by atoms with Crippen LogP contribution in [0.15, 0.2) is 97.2 Å². The molecule has 19 heteroatoms. The molecule has 3 heterocycles. The van der Waals surface area contributed by atoms with Crippen LogP contribution in [0.3, 0.4) is 0 Å². The Morgan fingerprint density at radius 1 is 0.346 bits per heavy atom. The lowest BCUT2D eigenvalue weighted by molar-refractivity contribution is -0.379. The van der Waals surface area contributed by atoms with Crippen LogP contribution in [0.2, 0.25) is 0 Å². The molecule has 0 aromatic carbocycles. The summed E-state index contributed by atoms with van der Waals surface area (Å²) in [4.78, 5) is 13.5. The van der Waals surface area contributed by atoms with Crippen molar-refractivity contribution in [3.8, 4) is 0 Å². The van der Waals surface area contributed by atoms with E-state index >= 15 is 0 Å². The molecule has 0 aliphatic carbocycles. The van der Waals surface area contributed by atoms with Gasteiger partial charge in [0.2, 0.25) is 5.91 Å². The zero-order valence-electron chi connectivity index (χ0n) is 66.6. The highest BCUT2D eigenvalue weighted by molar-refractivity contribution is 5.76. The second-order valence-electron chi connectivity index (χ2n) is 30.3. The SMILES string of the molecule is CC/C=C\C/C=C\C/C=C\C/C=C\C/C=C\C/C=C\C/C=C\CCCCCCCCCCCCCCCC(=O)NC(COC1OC(CO)C(OC2OC(CO)C(OC3OC(CO)C(O)C(O)C3O)C(O)C2O)C(O)C1O)C(O)/C=C/CCCCCCCCCCCCCCCCCCCCCCCCCCC. The molecule has 3 aliphatic heterocycles. The summed E-state index contributed by atoms with van der Waals surface area (Å²) in [5.41, 5.74) is 0. The minimum atomic E-state index is -1.98. The summed E-state index contributed by atoms with van der Waals surface area (Å²) >= 11 is 0. The van der Waals surface area contributed by atoms with Crippen molar-refractivity contribution in [2.45, 2.75) is 426 Å². The molecule has 17 atom stereocenters. The van der Waals surface area contributed by atoms with Gasteiger partial charge in [-0.05, 0) is 77.0 Å². The van der Waals surface area contributed by atoms with Crippen LogP contribution in [0.4, 0.5) is 0 Å². The first kappa shape index (κ1) is 97.9. The molecule has 0 radical (unpaired) electrons. The third-order valence-electron chi connectivity index (χ3n) is 20.9. The Morgan fingerprint density at radius 2 is 0.645 bits per heavy atom. The number of ether oxygens (including phenoxy) is 6. The number of carbonyl (C=O) groups excluding carboxylic acids is 1. The summed E-state index contributed by atoms with van der Waals surface area (Å²) in [5, 5.41) is 121. The third kappa shape index (κ3) is 46.5. The van der Waals surface area contributed by atoms with E-state index in [1.54, 1.807) is 6.08 Å². The maximum atomic E-state index is 13.5. The normalized spacial score (nSPS) is 26.0. The number of unbranched alkanes of at least 4 members (excludes halogenated alkanes) is 38. The number of aliphatic hydroxyl groups is 11. The predicted octanol–water partition coefficient (Wildman–Crippen LogP) is 15.5. The molecule has 0 saturated carbocycles. The molecule has 3 saturated heterocycles. The molecule has 0 aromatic rings. The fraction of sp³-hybridized carbons (Fsp3) is 0.807. The summed E-state index contributed by atoms with van der Waals surface area (Å²) in [6.45, 7) is 1.66. The van der Waals surface area contributed by atoms with Crippen LogP contribution in [0, 0.1) is 0 Å². The van der Waals surface area contributed by atoms with Gasteiger partial charge in [0.05, 0.1) is 38.6 Å². The Bertz CT molecular complexity index is 2310. The lowest BCUT2D eigenvalue weighted by Gasteiger charge is -2.48. The van der Waals surface area contributed by atoms with Gasteiger partial charge in [0.25, 0.3) is 0 Å². The van der Waals surface area contributed by atoms with Gasteiger partial charge in [0, 0.05) is 6.42 Å². The van der Waals surface area contributed by atoms with Crippen molar-refractivity contribution in [1.29, 1.82) is 0 Å². The fourth-order valence-electron chi connectivity index (χ4n) is 14.1. The Morgan fingerprint density at radius 3 is 1.01 bits per heavy atom. The van der Waals surface area contributed by atoms with Crippen molar-refractivity contribution in [2.75, 3.05) is 26.4 Å². The van der Waals surface area contributed by atoms with E-state index in [9.17, 15) is 61.0 Å². The van der Waals surface area contributed by atoms with Crippen LogP contribution >= 0.6 is 0 Å². The van der Waals surface area contributed by atoms with E-state index in [-0.39, 0.29) is 18.9 Å². The maximum Gasteiger partial charge on any atom is 0.220 e.